The summed E-state index contributed by atoms with van der Waals surface area (Å²) in [5.74, 6) is 2.70. The Hall–Kier alpha value is -2.07. The smallest absolute Gasteiger partial charge is 0.124 e. The number of fused-ring (bicyclic) bond motifs is 1. The summed E-state index contributed by atoms with van der Waals surface area (Å²) in [6.07, 6.45) is 0. The lowest BCUT2D eigenvalue weighted by Gasteiger charge is -2.04. The summed E-state index contributed by atoms with van der Waals surface area (Å²) < 4.78 is 7.78. The van der Waals surface area contributed by atoms with Crippen LogP contribution in [0.3, 0.4) is 0 Å². The lowest BCUT2D eigenvalue weighted by molar-refractivity contribution is 0.455. The zero-order valence-corrected chi connectivity index (χ0v) is 10.3. The summed E-state index contributed by atoms with van der Waals surface area (Å²) in [6, 6.07) is 12.0. The van der Waals surface area contributed by atoms with Crippen molar-refractivity contribution in [1.29, 1.82) is 0 Å². The van der Waals surface area contributed by atoms with Crippen molar-refractivity contribution in [2.45, 2.75) is 20.0 Å². The quantitative estimate of drug-likeness (QED) is 0.766. The fraction of sp³-hybridized carbons (Fsp3) is 0.214. The molecule has 2 aromatic heterocycles. The fourth-order valence-corrected chi connectivity index (χ4v) is 2.17. The van der Waals surface area contributed by atoms with E-state index in [1.54, 1.807) is 0 Å². The van der Waals surface area contributed by atoms with Gasteiger partial charge < -0.3 is 14.7 Å². The average Bonchev–Trinajstić information content (AvgIpc) is 2.96. The summed E-state index contributed by atoms with van der Waals surface area (Å²) in [5.41, 5.74) is 7.68. The second-order valence-electron chi connectivity index (χ2n) is 4.31. The number of benzene rings is 1. The molecule has 0 saturated heterocycles. The number of para-hydroxylation sites is 2. The van der Waals surface area contributed by atoms with E-state index in [4.69, 9.17) is 10.2 Å². The molecule has 92 valence electrons. The molecule has 1 aromatic carbocycles. The third-order valence-electron chi connectivity index (χ3n) is 3.08. The Morgan fingerprint density at radius 2 is 1.94 bits per heavy atom. The standard InChI is InChI=1S/C14H15N3O/c1-10-16-13-4-2-3-5-14(13)17(10)9-12-7-6-11(8-15)18-12/h2-7H,8-9,15H2,1H3. The van der Waals surface area contributed by atoms with Gasteiger partial charge in [0.05, 0.1) is 24.1 Å². The van der Waals surface area contributed by atoms with E-state index in [0.29, 0.717) is 13.1 Å². The highest BCUT2D eigenvalue weighted by Crippen LogP contribution is 2.18. The van der Waals surface area contributed by atoms with E-state index in [0.717, 1.165) is 28.4 Å². The molecule has 0 bridgehead atoms. The van der Waals surface area contributed by atoms with E-state index in [2.05, 4.69) is 15.6 Å². The maximum absolute atomic E-state index is 5.64. The summed E-state index contributed by atoms with van der Waals surface area (Å²) in [4.78, 5) is 4.53. The van der Waals surface area contributed by atoms with Crippen molar-refractivity contribution in [1.82, 2.24) is 9.55 Å². The number of furan rings is 1. The van der Waals surface area contributed by atoms with Crippen molar-refractivity contribution in [3.05, 3.63) is 53.7 Å². The van der Waals surface area contributed by atoms with E-state index in [1.165, 1.54) is 0 Å². The number of hydrogen-bond donors (Lipinski definition) is 1. The number of nitrogens with zero attached hydrogens (tertiary/aromatic N) is 2. The van der Waals surface area contributed by atoms with E-state index < -0.39 is 0 Å². The van der Waals surface area contributed by atoms with Gasteiger partial charge >= 0.3 is 0 Å². The number of aryl methyl sites for hydroxylation is 1. The second-order valence-corrected chi connectivity index (χ2v) is 4.31. The van der Waals surface area contributed by atoms with Crippen LogP contribution in [-0.2, 0) is 13.1 Å². The Kier molecular flexibility index (Phi) is 2.64. The number of aromatic nitrogens is 2. The Morgan fingerprint density at radius 3 is 2.72 bits per heavy atom. The van der Waals surface area contributed by atoms with Crippen LogP contribution < -0.4 is 5.73 Å². The van der Waals surface area contributed by atoms with Crippen LogP contribution in [0, 0.1) is 6.92 Å². The molecule has 4 heteroatoms. The molecule has 2 N–H and O–H groups in total. The monoisotopic (exact) mass is 241 g/mol. The van der Waals surface area contributed by atoms with E-state index in [9.17, 15) is 0 Å². The van der Waals surface area contributed by atoms with Gasteiger partial charge in [-0.3, -0.25) is 0 Å². The van der Waals surface area contributed by atoms with Crippen LogP contribution in [0.4, 0.5) is 0 Å². The topological polar surface area (TPSA) is 57.0 Å². The van der Waals surface area contributed by atoms with Gasteiger partial charge in [-0.2, -0.15) is 0 Å². The van der Waals surface area contributed by atoms with Crippen molar-refractivity contribution >= 4 is 11.0 Å². The highest BCUT2D eigenvalue weighted by Gasteiger charge is 2.09. The summed E-state index contributed by atoms with van der Waals surface area (Å²) in [6.45, 7) is 3.13. The molecule has 18 heavy (non-hydrogen) atoms. The molecule has 3 aromatic rings. The minimum Gasteiger partial charge on any atom is -0.463 e. The van der Waals surface area contributed by atoms with Gasteiger partial charge in [-0.1, -0.05) is 12.1 Å². The molecular formula is C14H15N3O. The van der Waals surface area contributed by atoms with E-state index in [-0.39, 0.29) is 0 Å². The molecule has 0 aliphatic carbocycles. The average molecular weight is 241 g/mol. The molecule has 0 spiro atoms. The third-order valence-corrected chi connectivity index (χ3v) is 3.08. The Labute approximate surface area is 105 Å². The normalized spacial score (nSPS) is 11.2. The lowest BCUT2D eigenvalue weighted by atomic mass is 10.3. The van der Waals surface area contributed by atoms with E-state index in [1.807, 2.05) is 37.3 Å². The van der Waals surface area contributed by atoms with Crippen molar-refractivity contribution in [3.63, 3.8) is 0 Å². The van der Waals surface area contributed by atoms with E-state index >= 15 is 0 Å². The molecule has 0 amide bonds. The summed E-state index contributed by atoms with van der Waals surface area (Å²) >= 11 is 0. The van der Waals surface area contributed by atoms with Crippen LogP contribution >= 0.6 is 0 Å². The number of hydrogen-bond acceptors (Lipinski definition) is 3. The SMILES string of the molecule is Cc1nc2ccccc2n1Cc1ccc(CN)o1. The zero-order chi connectivity index (χ0) is 12.5. The molecule has 0 unspecified atom stereocenters. The summed E-state index contributed by atoms with van der Waals surface area (Å²) in [5, 5.41) is 0. The van der Waals surface area contributed by atoms with Gasteiger partial charge in [0.1, 0.15) is 17.3 Å². The molecule has 0 aliphatic rings. The third kappa shape index (κ3) is 1.80. The molecule has 0 saturated carbocycles. The fourth-order valence-electron chi connectivity index (χ4n) is 2.17. The largest absolute Gasteiger partial charge is 0.463 e. The first-order valence-electron chi connectivity index (χ1n) is 5.97. The van der Waals surface area contributed by atoms with Crippen LogP contribution in [0.15, 0.2) is 40.8 Å². The van der Waals surface area contributed by atoms with Gasteiger partial charge in [0, 0.05) is 0 Å². The number of rotatable bonds is 3. The van der Waals surface area contributed by atoms with Gasteiger partial charge in [-0.15, -0.1) is 0 Å². The Balaban J connectivity index is 2.01. The molecule has 0 atom stereocenters. The van der Waals surface area contributed by atoms with Gasteiger partial charge in [-0.25, -0.2) is 4.98 Å². The van der Waals surface area contributed by atoms with Gasteiger partial charge in [0.25, 0.3) is 0 Å². The number of imidazole rings is 1. The predicted molar refractivity (Wildman–Crippen MR) is 70.2 cm³/mol. The molecule has 0 fully saturated rings. The lowest BCUT2D eigenvalue weighted by Crippen LogP contribution is -2.01. The first-order valence-corrected chi connectivity index (χ1v) is 5.97. The van der Waals surface area contributed by atoms with Gasteiger partial charge in [-0.05, 0) is 31.2 Å². The van der Waals surface area contributed by atoms with Crippen molar-refractivity contribution in [2.75, 3.05) is 0 Å². The van der Waals surface area contributed by atoms with Crippen molar-refractivity contribution in [3.8, 4) is 0 Å². The second kappa shape index (κ2) is 4.31. The molecule has 2 heterocycles. The first-order chi connectivity index (χ1) is 8.78. The van der Waals surface area contributed by atoms with Gasteiger partial charge in [0.2, 0.25) is 0 Å². The molecule has 0 aliphatic heterocycles. The zero-order valence-electron chi connectivity index (χ0n) is 10.3. The summed E-state index contributed by atoms with van der Waals surface area (Å²) in [7, 11) is 0. The first kappa shape index (κ1) is 11.0. The van der Waals surface area contributed by atoms with Crippen molar-refractivity contribution < 1.29 is 4.42 Å². The highest BCUT2D eigenvalue weighted by atomic mass is 16.3. The van der Waals surface area contributed by atoms with Gasteiger partial charge in [0.15, 0.2) is 0 Å². The van der Waals surface area contributed by atoms with Crippen LogP contribution in [0.5, 0.6) is 0 Å². The Morgan fingerprint density at radius 1 is 1.17 bits per heavy atom. The van der Waals surface area contributed by atoms with Crippen LogP contribution in [0.25, 0.3) is 11.0 Å². The maximum Gasteiger partial charge on any atom is 0.124 e. The minimum atomic E-state index is 0.434. The highest BCUT2D eigenvalue weighted by molar-refractivity contribution is 5.75. The van der Waals surface area contributed by atoms with Crippen LogP contribution in [-0.4, -0.2) is 9.55 Å². The maximum atomic E-state index is 5.64. The van der Waals surface area contributed by atoms with Crippen molar-refractivity contribution in [2.24, 2.45) is 5.73 Å². The molecule has 4 nitrogen and oxygen atoms in total. The predicted octanol–water partition coefficient (Wildman–Crippen LogP) is 2.44. The molecule has 0 radical (unpaired) electrons. The van der Waals surface area contributed by atoms with Crippen LogP contribution in [0.1, 0.15) is 17.3 Å². The Bertz CT molecular complexity index is 681. The van der Waals surface area contributed by atoms with Crippen LogP contribution in [0.2, 0.25) is 0 Å². The molecule has 3 rings (SSSR count). The molecular weight excluding hydrogens is 226 g/mol. The minimum absolute atomic E-state index is 0.434. The number of nitrogens with two attached hydrogens (primary N) is 1.